The zero-order chi connectivity index (χ0) is 18.9. The van der Waals surface area contributed by atoms with Gasteiger partial charge in [0.2, 0.25) is 0 Å². The largest absolute Gasteiger partial charge is 0.322 e. The van der Waals surface area contributed by atoms with Gasteiger partial charge in [-0.05, 0) is 36.4 Å². The van der Waals surface area contributed by atoms with Crippen molar-refractivity contribution in [3.8, 4) is 5.69 Å². The fourth-order valence-electron chi connectivity index (χ4n) is 3.57. The zero-order valence-electron chi connectivity index (χ0n) is 15.0. The minimum atomic E-state index is -0.144. The van der Waals surface area contributed by atoms with Gasteiger partial charge in [0.1, 0.15) is 0 Å². The number of amides is 1. The average molecular weight is 363 g/mol. The van der Waals surface area contributed by atoms with E-state index in [1.165, 1.54) is 0 Å². The molecular formula is C24H17N3O. The predicted molar refractivity (Wildman–Crippen MR) is 113 cm³/mol. The van der Waals surface area contributed by atoms with Crippen molar-refractivity contribution in [2.45, 2.75) is 0 Å². The van der Waals surface area contributed by atoms with Crippen molar-refractivity contribution in [3.63, 3.8) is 0 Å². The van der Waals surface area contributed by atoms with Crippen molar-refractivity contribution in [1.82, 2.24) is 9.55 Å². The van der Waals surface area contributed by atoms with Gasteiger partial charge in [0.25, 0.3) is 5.91 Å². The van der Waals surface area contributed by atoms with Crippen molar-refractivity contribution in [2.75, 3.05) is 5.32 Å². The van der Waals surface area contributed by atoms with Crippen molar-refractivity contribution in [1.29, 1.82) is 0 Å². The van der Waals surface area contributed by atoms with E-state index in [2.05, 4.69) is 5.32 Å². The highest BCUT2D eigenvalue weighted by Crippen LogP contribution is 2.28. The number of hydrogen-bond acceptors (Lipinski definition) is 2. The Morgan fingerprint density at radius 2 is 1.29 bits per heavy atom. The summed E-state index contributed by atoms with van der Waals surface area (Å²) in [4.78, 5) is 18.1. The van der Waals surface area contributed by atoms with Crippen LogP contribution in [0.1, 0.15) is 10.4 Å². The number of benzene rings is 3. The van der Waals surface area contributed by atoms with Crippen LogP contribution in [0.5, 0.6) is 0 Å². The second-order valence-electron chi connectivity index (χ2n) is 6.58. The number of fused-ring (bicyclic) bond motifs is 2. The molecule has 1 N–H and O–H groups in total. The van der Waals surface area contributed by atoms with Gasteiger partial charge in [0.15, 0.2) is 0 Å². The second kappa shape index (κ2) is 6.67. The van der Waals surface area contributed by atoms with E-state index in [-0.39, 0.29) is 5.91 Å². The van der Waals surface area contributed by atoms with E-state index >= 15 is 0 Å². The van der Waals surface area contributed by atoms with Gasteiger partial charge in [-0.15, -0.1) is 0 Å². The van der Waals surface area contributed by atoms with Crippen LogP contribution in [0.3, 0.4) is 0 Å². The van der Waals surface area contributed by atoms with E-state index in [9.17, 15) is 4.79 Å². The number of anilines is 1. The molecule has 0 unspecified atom stereocenters. The van der Waals surface area contributed by atoms with Crippen molar-refractivity contribution >= 4 is 33.4 Å². The first-order valence-corrected chi connectivity index (χ1v) is 9.12. The quantitative estimate of drug-likeness (QED) is 0.434. The summed E-state index contributed by atoms with van der Waals surface area (Å²) in [7, 11) is 0. The number of para-hydroxylation sites is 4. The summed E-state index contributed by atoms with van der Waals surface area (Å²) in [5, 5.41) is 4.80. The molecule has 4 heteroatoms. The van der Waals surface area contributed by atoms with Crippen molar-refractivity contribution in [2.24, 2.45) is 0 Å². The van der Waals surface area contributed by atoms with Crippen LogP contribution in [0, 0.1) is 0 Å². The molecule has 0 aliphatic carbocycles. The molecule has 4 nitrogen and oxygen atoms in total. The number of hydrogen-bond donors (Lipinski definition) is 1. The van der Waals surface area contributed by atoms with Crippen molar-refractivity contribution < 1.29 is 4.79 Å². The summed E-state index contributed by atoms with van der Waals surface area (Å²) in [6, 6.07) is 27.2. The Labute approximate surface area is 162 Å². The first-order chi connectivity index (χ1) is 13.8. The lowest BCUT2D eigenvalue weighted by atomic mass is 10.0. The molecule has 0 aliphatic heterocycles. The Morgan fingerprint density at radius 1 is 0.714 bits per heavy atom. The fraction of sp³-hybridized carbons (Fsp3) is 0. The molecule has 5 rings (SSSR count). The molecule has 0 saturated heterocycles. The van der Waals surface area contributed by atoms with Gasteiger partial charge in [0.05, 0.1) is 28.0 Å². The first kappa shape index (κ1) is 16.3. The second-order valence-corrected chi connectivity index (χ2v) is 6.58. The molecule has 2 heterocycles. The summed E-state index contributed by atoms with van der Waals surface area (Å²) >= 11 is 0. The molecule has 0 fully saturated rings. The molecule has 28 heavy (non-hydrogen) atoms. The van der Waals surface area contributed by atoms with Gasteiger partial charge >= 0.3 is 0 Å². The number of carbonyl (C=O) groups excluding carboxylic acids is 1. The molecule has 0 radical (unpaired) electrons. The first-order valence-electron chi connectivity index (χ1n) is 9.12. The molecule has 0 atom stereocenters. The van der Waals surface area contributed by atoms with Crippen LogP contribution >= 0.6 is 0 Å². The maximum Gasteiger partial charge on any atom is 0.257 e. The minimum absolute atomic E-state index is 0.144. The van der Waals surface area contributed by atoms with E-state index in [1.807, 2.05) is 102 Å². The third kappa shape index (κ3) is 2.72. The zero-order valence-corrected chi connectivity index (χ0v) is 15.0. The van der Waals surface area contributed by atoms with Gasteiger partial charge in [-0.2, -0.15) is 0 Å². The lowest BCUT2D eigenvalue weighted by molar-refractivity contribution is 0.102. The smallest absolute Gasteiger partial charge is 0.257 e. The third-order valence-electron chi connectivity index (χ3n) is 4.85. The highest BCUT2D eigenvalue weighted by atomic mass is 16.1. The minimum Gasteiger partial charge on any atom is -0.322 e. The summed E-state index contributed by atoms with van der Waals surface area (Å²) in [6.07, 6.45) is 3.92. The molecule has 1 amide bonds. The van der Waals surface area contributed by atoms with E-state index in [0.29, 0.717) is 5.56 Å². The molecule has 0 aliphatic rings. The van der Waals surface area contributed by atoms with E-state index in [0.717, 1.165) is 33.2 Å². The average Bonchev–Trinajstić information content (AvgIpc) is 3.27. The van der Waals surface area contributed by atoms with Crippen LogP contribution in [0.25, 0.3) is 27.5 Å². The molecule has 0 bridgehead atoms. The normalized spacial score (nSPS) is 11.0. The SMILES string of the molecule is O=C(Nc1ccccc1-n1cccc1)c1c2ccccc2nc2ccccc12. The van der Waals surface area contributed by atoms with Gasteiger partial charge < -0.3 is 9.88 Å². The third-order valence-corrected chi connectivity index (χ3v) is 4.85. The van der Waals surface area contributed by atoms with Crippen LogP contribution in [-0.2, 0) is 0 Å². The lowest BCUT2D eigenvalue weighted by Crippen LogP contribution is -2.15. The van der Waals surface area contributed by atoms with Crippen LogP contribution in [0.15, 0.2) is 97.3 Å². The predicted octanol–water partition coefficient (Wildman–Crippen LogP) is 5.43. The molecule has 3 aromatic carbocycles. The summed E-state index contributed by atoms with van der Waals surface area (Å²) in [5.41, 5.74) is 3.94. The summed E-state index contributed by atoms with van der Waals surface area (Å²) in [5.74, 6) is -0.144. The van der Waals surface area contributed by atoms with Gasteiger partial charge in [-0.25, -0.2) is 4.98 Å². The molecule has 134 valence electrons. The van der Waals surface area contributed by atoms with Gasteiger partial charge in [-0.3, -0.25) is 4.79 Å². The van der Waals surface area contributed by atoms with Crippen LogP contribution in [-0.4, -0.2) is 15.5 Å². The Balaban J connectivity index is 1.66. The Bertz CT molecular complexity index is 1250. The van der Waals surface area contributed by atoms with E-state index in [1.54, 1.807) is 0 Å². The van der Waals surface area contributed by atoms with Crippen LogP contribution < -0.4 is 5.32 Å². The Hall–Kier alpha value is -3.92. The monoisotopic (exact) mass is 363 g/mol. The highest BCUT2D eigenvalue weighted by molar-refractivity contribution is 6.20. The number of nitrogens with zero attached hydrogens (tertiary/aromatic N) is 2. The number of rotatable bonds is 3. The van der Waals surface area contributed by atoms with Gasteiger partial charge in [0, 0.05) is 23.2 Å². The molecule has 2 aromatic heterocycles. The molecular weight excluding hydrogens is 346 g/mol. The number of carbonyl (C=O) groups is 1. The van der Waals surface area contributed by atoms with Crippen LogP contribution in [0.4, 0.5) is 5.69 Å². The Morgan fingerprint density at radius 3 is 1.96 bits per heavy atom. The number of pyridine rings is 1. The van der Waals surface area contributed by atoms with Crippen LogP contribution in [0.2, 0.25) is 0 Å². The van der Waals surface area contributed by atoms with Crippen molar-refractivity contribution in [3.05, 3.63) is 103 Å². The topological polar surface area (TPSA) is 46.9 Å². The number of aromatic nitrogens is 2. The number of nitrogens with one attached hydrogen (secondary N) is 1. The van der Waals surface area contributed by atoms with Gasteiger partial charge in [-0.1, -0.05) is 48.5 Å². The maximum absolute atomic E-state index is 13.4. The standard InChI is InChI=1S/C24H17N3O/c28-24(26-21-13-5-6-14-22(21)27-15-7-8-16-27)23-17-9-1-3-11-19(17)25-20-12-4-2-10-18(20)23/h1-16H,(H,26,28). The highest BCUT2D eigenvalue weighted by Gasteiger charge is 2.17. The summed E-state index contributed by atoms with van der Waals surface area (Å²) < 4.78 is 1.98. The van der Waals surface area contributed by atoms with E-state index in [4.69, 9.17) is 4.98 Å². The Kier molecular flexibility index (Phi) is 3.87. The molecule has 5 aromatic rings. The molecule has 0 spiro atoms. The molecule has 0 saturated carbocycles. The summed E-state index contributed by atoms with van der Waals surface area (Å²) in [6.45, 7) is 0. The van der Waals surface area contributed by atoms with E-state index < -0.39 is 0 Å². The maximum atomic E-state index is 13.4. The lowest BCUT2D eigenvalue weighted by Gasteiger charge is -2.14. The fourth-order valence-corrected chi connectivity index (χ4v) is 3.57.